The minimum Gasteiger partial charge on any atom is -0.313 e. The summed E-state index contributed by atoms with van der Waals surface area (Å²) in [6.07, 6.45) is -0.953. The van der Waals surface area contributed by atoms with Crippen LogP contribution in [-0.4, -0.2) is 39.0 Å². The first kappa shape index (κ1) is 13.9. The largest absolute Gasteiger partial charge is 0.313 e. The van der Waals surface area contributed by atoms with E-state index in [1.165, 1.54) is 0 Å². The molecule has 112 valence electrons. The van der Waals surface area contributed by atoms with Crippen molar-refractivity contribution in [2.45, 2.75) is 18.5 Å². The fourth-order valence-electron chi connectivity index (χ4n) is 2.58. The Bertz CT molecular complexity index is 676. The number of nitrogens with zero attached hydrogens (tertiary/aromatic N) is 4. The third kappa shape index (κ3) is 2.17. The van der Waals surface area contributed by atoms with Crippen LogP contribution in [0.3, 0.4) is 0 Å². The maximum atomic E-state index is 15.4. The van der Waals surface area contributed by atoms with Crippen LogP contribution in [0.1, 0.15) is 24.2 Å². The van der Waals surface area contributed by atoms with E-state index in [9.17, 15) is 13.6 Å². The van der Waals surface area contributed by atoms with Gasteiger partial charge in [-0.3, -0.25) is 0 Å². The molecular weight excluding hydrogens is 287 g/mol. The molecule has 9 heteroatoms. The number of aromatic nitrogens is 4. The second kappa shape index (κ2) is 5.06. The molecule has 2 atom stereocenters. The summed E-state index contributed by atoms with van der Waals surface area (Å²) < 4.78 is 42.3. The van der Waals surface area contributed by atoms with E-state index in [1.807, 2.05) is 0 Å². The van der Waals surface area contributed by atoms with Crippen LogP contribution in [-0.2, 0) is 10.5 Å². The smallest absolute Gasteiger partial charge is 0.280 e. The van der Waals surface area contributed by atoms with Crippen LogP contribution in [0.15, 0.2) is 12.4 Å². The third-order valence-electron chi connectivity index (χ3n) is 3.69. The molecular formula is C12H12F3N5O. The minimum atomic E-state index is -2.86. The molecule has 1 saturated heterocycles. The third-order valence-corrected chi connectivity index (χ3v) is 3.69. The van der Waals surface area contributed by atoms with Gasteiger partial charge < -0.3 is 10.1 Å². The van der Waals surface area contributed by atoms with Gasteiger partial charge in [-0.1, -0.05) is 0 Å². The summed E-state index contributed by atoms with van der Waals surface area (Å²) in [4.78, 5) is 18.5. The van der Waals surface area contributed by atoms with Crippen molar-refractivity contribution < 1.29 is 18.0 Å². The Hall–Kier alpha value is -2.03. The summed E-state index contributed by atoms with van der Waals surface area (Å²) in [5.41, 5.74) is -2.85. The first-order valence-electron chi connectivity index (χ1n) is 6.40. The molecule has 0 aromatic carbocycles. The fourth-order valence-corrected chi connectivity index (χ4v) is 2.58. The number of rotatable bonds is 3. The molecule has 0 aliphatic carbocycles. The van der Waals surface area contributed by atoms with Gasteiger partial charge in [0.1, 0.15) is 18.3 Å². The van der Waals surface area contributed by atoms with Gasteiger partial charge in [0.25, 0.3) is 12.2 Å². The average molecular weight is 299 g/mol. The van der Waals surface area contributed by atoms with E-state index in [0.717, 1.165) is 16.9 Å². The Balaban J connectivity index is 2.21. The standard InChI is InChI=1S/C12H12F3N5O/c13-10(14)8-3-9(20-11(19-8)17-6-18-20)12(15)5-16-2-1-7(12)4-21/h3-4,6-7,10,16H,1-2,5H2/t7?,12-/m0/s1. The Labute approximate surface area is 117 Å². The summed E-state index contributed by atoms with van der Waals surface area (Å²) in [7, 11) is 0. The van der Waals surface area contributed by atoms with Gasteiger partial charge in [-0.25, -0.2) is 18.2 Å². The number of hydrogen-bond acceptors (Lipinski definition) is 5. The van der Waals surface area contributed by atoms with Crippen LogP contribution >= 0.6 is 0 Å². The molecule has 0 bridgehead atoms. The van der Waals surface area contributed by atoms with E-state index in [2.05, 4.69) is 20.4 Å². The monoisotopic (exact) mass is 299 g/mol. The zero-order chi connectivity index (χ0) is 15.0. The summed E-state index contributed by atoms with van der Waals surface area (Å²) in [6.45, 7) is 0.334. The van der Waals surface area contributed by atoms with Gasteiger partial charge in [-0.05, 0) is 19.0 Å². The van der Waals surface area contributed by atoms with Gasteiger partial charge in [-0.2, -0.15) is 14.6 Å². The predicted molar refractivity (Wildman–Crippen MR) is 65.6 cm³/mol. The number of piperidine rings is 1. The molecule has 1 aliphatic heterocycles. The molecule has 0 spiro atoms. The Morgan fingerprint density at radius 3 is 3.05 bits per heavy atom. The fraction of sp³-hybridized carbons (Fsp3) is 0.500. The second-order valence-corrected chi connectivity index (χ2v) is 4.91. The molecule has 0 saturated carbocycles. The normalized spacial score (nSPS) is 26.4. The lowest BCUT2D eigenvalue weighted by Gasteiger charge is -2.35. The highest BCUT2D eigenvalue weighted by Gasteiger charge is 2.45. The molecule has 1 fully saturated rings. The zero-order valence-electron chi connectivity index (χ0n) is 10.8. The van der Waals surface area contributed by atoms with Crippen molar-refractivity contribution in [3.8, 4) is 0 Å². The molecule has 1 aliphatic rings. The van der Waals surface area contributed by atoms with Crippen molar-refractivity contribution >= 4 is 12.1 Å². The summed E-state index contributed by atoms with van der Waals surface area (Å²) in [5.74, 6) is -1.05. The number of alkyl halides is 3. The number of hydrogen-bond donors (Lipinski definition) is 1. The number of halogens is 3. The van der Waals surface area contributed by atoms with Crippen LogP contribution in [0, 0.1) is 5.92 Å². The molecule has 21 heavy (non-hydrogen) atoms. The quantitative estimate of drug-likeness (QED) is 0.857. The van der Waals surface area contributed by atoms with E-state index in [-0.39, 0.29) is 24.4 Å². The van der Waals surface area contributed by atoms with E-state index in [4.69, 9.17) is 0 Å². The van der Waals surface area contributed by atoms with E-state index >= 15 is 4.39 Å². The van der Waals surface area contributed by atoms with Crippen molar-refractivity contribution in [3.63, 3.8) is 0 Å². The molecule has 2 aromatic rings. The van der Waals surface area contributed by atoms with Crippen LogP contribution in [0.25, 0.3) is 5.78 Å². The lowest BCUT2D eigenvalue weighted by molar-refractivity contribution is -0.117. The summed E-state index contributed by atoms with van der Waals surface area (Å²) >= 11 is 0. The SMILES string of the molecule is O=CC1CCNC[C@@]1(F)c1cc(C(F)F)nc2ncnn12. The maximum absolute atomic E-state index is 15.4. The van der Waals surface area contributed by atoms with Gasteiger partial charge in [0, 0.05) is 6.54 Å². The summed E-state index contributed by atoms with van der Waals surface area (Å²) in [5, 5.41) is 6.66. The zero-order valence-corrected chi connectivity index (χ0v) is 10.8. The number of carbonyl (C=O) groups excluding carboxylic acids is 1. The molecule has 3 rings (SSSR count). The van der Waals surface area contributed by atoms with E-state index in [1.54, 1.807) is 0 Å². The van der Waals surface area contributed by atoms with Gasteiger partial charge >= 0.3 is 0 Å². The molecule has 6 nitrogen and oxygen atoms in total. The van der Waals surface area contributed by atoms with Crippen molar-refractivity contribution in [1.82, 2.24) is 24.9 Å². The summed E-state index contributed by atoms with van der Waals surface area (Å²) in [6, 6.07) is 0.954. The second-order valence-electron chi connectivity index (χ2n) is 4.91. The maximum Gasteiger partial charge on any atom is 0.280 e. The lowest BCUT2D eigenvalue weighted by Crippen LogP contribution is -2.48. The number of nitrogens with one attached hydrogen (secondary N) is 1. The Morgan fingerprint density at radius 1 is 1.52 bits per heavy atom. The Kier molecular flexibility index (Phi) is 3.36. The highest BCUT2D eigenvalue weighted by atomic mass is 19.3. The van der Waals surface area contributed by atoms with Gasteiger partial charge in [-0.15, -0.1) is 0 Å². The van der Waals surface area contributed by atoms with E-state index in [0.29, 0.717) is 12.8 Å². The van der Waals surface area contributed by atoms with Gasteiger partial charge in [0.2, 0.25) is 0 Å². The number of fused-ring (bicyclic) bond motifs is 1. The Morgan fingerprint density at radius 2 is 2.33 bits per heavy atom. The molecule has 0 amide bonds. The highest BCUT2D eigenvalue weighted by molar-refractivity contribution is 5.57. The molecule has 1 unspecified atom stereocenters. The van der Waals surface area contributed by atoms with Gasteiger partial charge in [0.05, 0.1) is 11.6 Å². The minimum absolute atomic E-state index is 0.116. The van der Waals surface area contributed by atoms with Crippen LogP contribution in [0.5, 0.6) is 0 Å². The molecule has 0 radical (unpaired) electrons. The first-order chi connectivity index (χ1) is 10.1. The van der Waals surface area contributed by atoms with Crippen molar-refractivity contribution in [2.75, 3.05) is 13.1 Å². The first-order valence-corrected chi connectivity index (χ1v) is 6.40. The molecule has 1 N–H and O–H groups in total. The van der Waals surface area contributed by atoms with E-state index < -0.39 is 23.7 Å². The lowest BCUT2D eigenvalue weighted by atomic mass is 9.82. The molecule has 2 aromatic heterocycles. The van der Waals surface area contributed by atoms with Gasteiger partial charge in [0.15, 0.2) is 5.67 Å². The van der Waals surface area contributed by atoms with Crippen molar-refractivity contribution in [1.29, 1.82) is 0 Å². The van der Waals surface area contributed by atoms with Crippen molar-refractivity contribution in [3.05, 3.63) is 23.8 Å². The van der Waals surface area contributed by atoms with Crippen molar-refractivity contribution in [2.24, 2.45) is 5.92 Å². The van der Waals surface area contributed by atoms with Crippen LogP contribution < -0.4 is 5.32 Å². The average Bonchev–Trinajstić information content (AvgIpc) is 2.94. The van der Waals surface area contributed by atoms with Crippen LogP contribution in [0.2, 0.25) is 0 Å². The number of carbonyl (C=O) groups is 1. The number of aldehydes is 1. The predicted octanol–water partition coefficient (Wildman–Crippen LogP) is 1.04. The topological polar surface area (TPSA) is 72.2 Å². The highest BCUT2D eigenvalue weighted by Crippen LogP contribution is 2.37. The molecule has 3 heterocycles. The van der Waals surface area contributed by atoms with Crippen LogP contribution in [0.4, 0.5) is 13.2 Å².